The highest BCUT2D eigenvalue weighted by atomic mass is 32.2. The third-order valence-electron chi connectivity index (χ3n) is 3.70. The molecule has 1 aromatic carbocycles. The zero-order valence-corrected chi connectivity index (χ0v) is 15.3. The predicted octanol–water partition coefficient (Wildman–Crippen LogP) is 0.724. The lowest BCUT2D eigenvalue weighted by Crippen LogP contribution is -2.17. The monoisotopic (exact) mass is 393 g/mol. The van der Waals surface area contributed by atoms with E-state index in [1.807, 2.05) is 0 Å². The van der Waals surface area contributed by atoms with E-state index in [4.69, 9.17) is 9.92 Å². The first kappa shape index (κ1) is 18.9. The summed E-state index contributed by atoms with van der Waals surface area (Å²) in [5.41, 5.74) is 6.32. The average molecular weight is 393 g/mol. The summed E-state index contributed by atoms with van der Waals surface area (Å²) in [6.45, 7) is -0.420. The van der Waals surface area contributed by atoms with Gasteiger partial charge in [-0.3, -0.25) is 4.79 Å². The first-order valence-corrected chi connectivity index (χ1v) is 9.90. The van der Waals surface area contributed by atoms with E-state index in [2.05, 4.69) is 20.6 Å². The number of rotatable bonds is 8. The van der Waals surface area contributed by atoms with Crippen LogP contribution in [0.4, 0.5) is 17.5 Å². The maximum Gasteiger partial charge on any atom is 0.306 e. The Morgan fingerprint density at radius 1 is 1.41 bits per heavy atom. The van der Waals surface area contributed by atoms with Gasteiger partial charge in [0.05, 0.1) is 18.4 Å². The predicted molar refractivity (Wildman–Crippen MR) is 98.3 cm³/mol. The minimum atomic E-state index is -3.71. The van der Waals surface area contributed by atoms with Gasteiger partial charge in [-0.05, 0) is 31.0 Å². The van der Waals surface area contributed by atoms with Gasteiger partial charge in [0.1, 0.15) is 11.6 Å². The van der Waals surface area contributed by atoms with Gasteiger partial charge < -0.3 is 25.7 Å². The first-order valence-electron chi connectivity index (χ1n) is 8.09. The summed E-state index contributed by atoms with van der Waals surface area (Å²) in [6.07, 6.45) is 4.23. The molecule has 144 valence electrons. The third kappa shape index (κ3) is 5.05. The zero-order chi connectivity index (χ0) is 19.6. The number of benzene rings is 1. The highest BCUT2D eigenvalue weighted by Gasteiger charge is 2.24. The molecule has 1 amide bonds. The van der Waals surface area contributed by atoms with Gasteiger partial charge in [0.2, 0.25) is 5.95 Å². The van der Waals surface area contributed by atoms with E-state index in [9.17, 15) is 18.3 Å². The summed E-state index contributed by atoms with van der Waals surface area (Å²) < 4.78 is 27.4. The highest BCUT2D eigenvalue weighted by Crippen LogP contribution is 2.28. The number of aromatic nitrogens is 2. The van der Waals surface area contributed by atoms with Crippen LogP contribution in [0, 0.1) is 0 Å². The summed E-state index contributed by atoms with van der Waals surface area (Å²) in [6, 6.07) is 4.74. The van der Waals surface area contributed by atoms with Gasteiger partial charge >= 0.3 is 10.1 Å². The van der Waals surface area contributed by atoms with Crippen molar-refractivity contribution in [1.29, 1.82) is 0 Å². The number of hydrogen-bond acceptors (Lipinski definition) is 9. The molecule has 1 fully saturated rings. The molecule has 0 spiro atoms. The van der Waals surface area contributed by atoms with E-state index >= 15 is 0 Å². The van der Waals surface area contributed by atoms with Gasteiger partial charge in [-0.15, -0.1) is 0 Å². The summed E-state index contributed by atoms with van der Waals surface area (Å²) in [4.78, 5) is 19.9. The lowest BCUT2D eigenvalue weighted by Gasteiger charge is -2.13. The zero-order valence-electron chi connectivity index (χ0n) is 14.5. The fraction of sp³-hybridized carbons (Fsp3) is 0.312. The van der Waals surface area contributed by atoms with Crippen molar-refractivity contribution in [3.63, 3.8) is 0 Å². The standard InChI is InChI=1S/C16H19N5O5S/c1-27(24,25)26-13-5-4-11(6-9(13)8-22)20-16-18-7-12(14(17)23)15(21-16)19-10-2-3-10/h4-7,10,22H,2-3,8H2,1H3,(H2,17,23)(H2,18,19,20,21). The molecule has 0 bridgehead atoms. The van der Waals surface area contributed by atoms with Crippen molar-refractivity contribution >= 4 is 33.5 Å². The van der Waals surface area contributed by atoms with Crippen LogP contribution in [0.25, 0.3) is 0 Å². The number of hydrogen-bond donors (Lipinski definition) is 4. The van der Waals surface area contributed by atoms with Gasteiger partial charge in [-0.2, -0.15) is 13.4 Å². The van der Waals surface area contributed by atoms with E-state index in [-0.39, 0.29) is 28.9 Å². The first-order chi connectivity index (χ1) is 12.7. The Balaban J connectivity index is 1.85. The number of carbonyl (C=O) groups excluding carboxylic acids is 1. The maximum absolute atomic E-state index is 11.5. The molecule has 1 aliphatic rings. The van der Waals surface area contributed by atoms with E-state index in [1.165, 1.54) is 18.3 Å². The fourth-order valence-corrected chi connectivity index (χ4v) is 2.80. The van der Waals surface area contributed by atoms with Crippen molar-refractivity contribution in [2.75, 3.05) is 16.9 Å². The molecule has 3 rings (SSSR count). The molecular formula is C16H19N5O5S. The number of nitrogens with two attached hydrogens (primary N) is 1. The van der Waals surface area contributed by atoms with Crippen LogP contribution < -0.4 is 20.6 Å². The average Bonchev–Trinajstić information content (AvgIpc) is 3.39. The topological polar surface area (TPSA) is 157 Å². The number of aliphatic hydroxyl groups is 1. The van der Waals surface area contributed by atoms with Crippen LogP contribution in [0.15, 0.2) is 24.4 Å². The van der Waals surface area contributed by atoms with Crippen LogP contribution in [-0.2, 0) is 16.7 Å². The summed E-state index contributed by atoms with van der Waals surface area (Å²) in [5.74, 6) is -0.0353. The minimum Gasteiger partial charge on any atom is -0.392 e. The third-order valence-corrected chi connectivity index (χ3v) is 4.18. The van der Waals surface area contributed by atoms with Crippen LogP contribution in [0.2, 0.25) is 0 Å². The molecule has 0 radical (unpaired) electrons. The molecule has 0 aliphatic heterocycles. The molecule has 5 N–H and O–H groups in total. The van der Waals surface area contributed by atoms with Gasteiger partial charge in [-0.25, -0.2) is 4.98 Å². The Bertz CT molecular complexity index is 975. The van der Waals surface area contributed by atoms with Crippen LogP contribution in [0.3, 0.4) is 0 Å². The molecule has 1 aromatic heterocycles. The second-order valence-corrected chi connectivity index (χ2v) is 7.71. The molecule has 1 heterocycles. The number of anilines is 3. The molecule has 1 aliphatic carbocycles. The molecule has 0 unspecified atom stereocenters. The second kappa shape index (κ2) is 7.37. The Kier molecular flexibility index (Phi) is 5.15. The van der Waals surface area contributed by atoms with E-state index in [0.717, 1.165) is 19.1 Å². The lowest BCUT2D eigenvalue weighted by atomic mass is 10.2. The van der Waals surface area contributed by atoms with Crippen molar-refractivity contribution in [2.24, 2.45) is 5.73 Å². The second-order valence-electron chi connectivity index (χ2n) is 6.13. The number of primary amides is 1. The van der Waals surface area contributed by atoms with Crippen molar-refractivity contribution in [3.8, 4) is 5.75 Å². The molecule has 0 atom stereocenters. The molecule has 10 nitrogen and oxygen atoms in total. The quantitative estimate of drug-likeness (QED) is 0.474. The minimum absolute atomic E-state index is 0.0339. The van der Waals surface area contributed by atoms with E-state index in [0.29, 0.717) is 11.5 Å². The number of nitrogens with zero attached hydrogens (tertiary/aromatic N) is 2. The van der Waals surface area contributed by atoms with Crippen molar-refractivity contribution in [1.82, 2.24) is 9.97 Å². The van der Waals surface area contributed by atoms with Gasteiger partial charge in [0, 0.05) is 23.5 Å². The summed E-state index contributed by atoms with van der Waals surface area (Å²) in [5, 5.41) is 15.5. The molecule has 0 saturated heterocycles. The van der Waals surface area contributed by atoms with Crippen molar-refractivity contribution in [3.05, 3.63) is 35.5 Å². The van der Waals surface area contributed by atoms with Crippen LogP contribution in [0.1, 0.15) is 28.8 Å². The Hall–Kier alpha value is -2.92. The lowest BCUT2D eigenvalue weighted by molar-refractivity contribution is 0.100. The number of carbonyl (C=O) groups is 1. The summed E-state index contributed by atoms with van der Waals surface area (Å²) in [7, 11) is -3.71. The normalized spacial score (nSPS) is 13.9. The molecule has 2 aromatic rings. The van der Waals surface area contributed by atoms with Crippen molar-refractivity contribution in [2.45, 2.75) is 25.5 Å². The molecule has 1 saturated carbocycles. The molecule has 27 heavy (non-hydrogen) atoms. The summed E-state index contributed by atoms with van der Waals surface area (Å²) >= 11 is 0. The smallest absolute Gasteiger partial charge is 0.306 e. The Morgan fingerprint density at radius 2 is 2.15 bits per heavy atom. The van der Waals surface area contributed by atoms with Gasteiger partial charge in [0.15, 0.2) is 0 Å². The van der Waals surface area contributed by atoms with E-state index < -0.39 is 22.6 Å². The highest BCUT2D eigenvalue weighted by molar-refractivity contribution is 7.86. The number of nitrogens with one attached hydrogen (secondary N) is 2. The maximum atomic E-state index is 11.5. The van der Waals surface area contributed by atoms with Gasteiger partial charge in [0.25, 0.3) is 5.91 Å². The Morgan fingerprint density at radius 3 is 2.74 bits per heavy atom. The largest absolute Gasteiger partial charge is 0.392 e. The van der Waals surface area contributed by atoms with Crippen molar-refractivity contribution < 1.29 is 22.5 Å². The van der Waals surface area contributed by atoms with Gasteiger partial charge in [-0.1, -0.05) is 0 Å². The SMILES string of the molecule is CS(=O)(=O)Oc1ccc(Nc2ncc(C(N)=O)c(NC3CC3)n2)cc1CO. The van der Waals surface area contributed by atoms with Crippen LogP contribution in [0.5, 0.6) is 5.75 Å². The fourth-order valence-electron chi connectivity index (χ4n) is 2.31. The van der Waals surface area contributed by atoms with E-state index in [1.54, 1.807) is 6.07 Å². The Labute approximate surface area is 155 Å². The van der Waals surface area contributed by atoms with Crippen LogP contribution >= 0.6 is 0 Å². The molecular weight excluding hydrogens is 374 g/mol. The number of aliphatic hydroxyl groups excluding tert-OH is 1. The number of amides is 1. The van der Waals surface area contributed by atoms with Crippen LogP contribution in [-0.4, -0.2) is 41.7 Å². The molecule has 11 heteroatoms.